The highest BCUT2D eigenvalue weighted by Crippen LogP contribution is 2.27. The Labute approximate surface area is 246 Å². The number of aromatic nitrogens is 3. The van der Waals surface area contributed by atoms with E-state index in [-0.39, 0.29) is 27.2 Å². The van der Waals surface area contributed by atoms with Gasteiger partial charge in [0.25, 0.3) is 11.5 Å². The van der Waals surface area contributed by atoms with Gasteiger partial charge in [0.2, 0.25) is 0 Å². The Morgan fingerprint density at radius 3 is 2.40 bits per heavy atom. The Bertz CT molecular complexity index is 1640. The number of aromatic amines is 2. The third kappa shape index (κ3) is 7.33. The molecule has 1 aliphatic heterocycles. The van der Waals surface area contributed by atoms with Crippen molar-refractivity contribution in [1.29, 1.82) is 0 Å². The molecule has 1 saturated heterocycles. The maximum absolute atomic E-state index is 14.8. The van der Waals surface area contributed by atoms with Crippen LogP contribution in [0.5, 0.6) is 0 Å². The van der Waals surface area contributed by atoms with E-state index >= 15 is 0 Å². The number of carbonyl (C=O) groups excluding carboxylic acids is 1. The van der Waals surface area contributed by atoms with Crippen molar-refractivity contribution in [3.8, 4) is 0 Å². The Balaban J connectivity index is 0.000000517. The van der Waals surface area contributed by atoms with Gasteiger partial charge in [-0.2, -0.15) is 13.2 Å². The number of carboxylic acids is 1. The Morgan fingerprint density at radius 1 is 1.00 bits per heavy atom. The zero-order valence-electron chi connectivity index (χ0n) is 21.8. The number of hydrogen-bond donors (Lipinski definition) is 3. The Kier molecular flexibility index (Phi) is 9.64. The summed E-state index contributed by atoms with van der Waals surface area (Å²) in [6.45, 7) is 3.52. The lowest BCUT2D eigenvalue weighted by Gasteiger charge is -2.22. The van der Waals surface area contributed by atoms with Crippen molar-refractivity contribution < 1.29 is 32.3 Å². The van der Waals surface area contributed by atoms with Crippen LogP contribution in [0.1, 0.15) is 33.6 Å². The van der Waals surface area contributed by atoms with Gasteiger partial charge in [-0.05, 0) is 41.8 Å². The van der Waals surface area contributed by atoms with Crippen LogP contribution in [0.4, 0.5) is 17.6 Å². The molecule has 4 aromatic rings. The molecular weight excluding hydrogens is 605 g/mol. The zero-order chi connectivity index (χ0) is 30.6. The first-order valence-electron chi connectivity index (χ1n) is 12.6. The summed E-state index contributed by atoms with van der Waals surface area (Å²) in [6.07, 6.45) is 1.48. The number of fused-ring (bicyclic) bond motifs is 1. The fraction of sp³-hybridized carbons (Fsp3) is 0.296. The minimum Gasteiger partial charge on any atom is -0.475 e. The van der Waals surface area contributed by atoms with Crippen LogP contribution in [-0.2, 0) is 17.8 Å². The molecule has 3 N–H and O–H groups in total. The summed E-state index contributed by atoms with van der Waals surface area (Å²) >= 11 is 12.4. The number of benzene rings is 1. The molecule has 15 heteroatoms. The van der Waals surface area contributed by atoms with Crippen molar-refractivity contribution in [2.75, 3.05) is 26.2 Å². The molecule has 5 rings (SSSR count). The summed E-state index contributed by atoms with van der Waals surface area (Å²) < 4.78 is 48.1. The molecule has 4 heterocycles. The summed E-state index contributed by atoms with van der Waals surface area (Å²) in [5.74, 6) is -3.63. The van der Waals surface area contributed by atoms with Crippen LogP contribution in [0, 0.1) is 5.82 Å². The van der Waals surface area contributed by atoms with Crippen LogP contribution in [-0.4, -0.2) is 73.5 Å². The minimum atomic E-state index is -5.08. The first kappa shape index (κ1) is 31.1. The predicted molar refractivity (Wildman–Crippen MR) is 148 cm³/mol. The van der Waals surface area contributed by atoms with Crippen LogP contribution < -0.4 is 5.56 Å². The average Bonchev–Trinajstić information content (AvgIpc) is 3.48. The number of aliphatic carboxylic acids is 1. The van der Waals surface area contributed by atoms with E-state index in [2.05, 4.69) is 14.9 Å². The number of rotatable bonds is 5. The first-order chi connectivity index (χ1) is 19.8. The number of nitrogens with zero attached hydrogens (tertiary/aromatic N) is 3. The van der Waals surface area contributed by atoms with Crippen molar-refractivity contribution in [2.45, 2.75) is 25.6 Å². The molecule has 1 aromatic carbocycles. The second-order valence-corrected chi connectivity index (χ2v) is 10.3. The quantitative estimate of drug-likeness (QED) is 0.270. The van der Waals surface area contributed by atoms with Gasteiger partial charge in [0, 0.05) is 63.4 Å². The molecule has 0 aliphatic carbocycles. The fourth-order valence-corrected chi connectivity index (χ4v) is 5.04. The predicted octanol–water partition coefficient (Wildman–Crippen LogP) is 4.97. The topological polar surface area (TPSA) is 114 Å². The van der Waals surface area contributed by atoms with Crippen LogP contribution in [0.25, 0.3) is 5.52 Å². The van der Waals surface area contributed by atoms with Gasteiger partial charge in [0.05, 0.1) is 10.6 Å². The molecule has 0 saturated carbocycles. The van der Waals surface area contributed by atoms with Crippen LogP contribution in [0.2, 0.25) is 10.2 Å². The van der Waals surface area contributed by atoms with E-state index < -0.39 is 18.0 Å². The summed E-state index contributed by atoms with van der Waals surface area (Å²) in [5.41, 5.74) is 2.63. The lowest BCUT2D eigenvalue weighted by atomic mass is 10.0. The lowest BCUT2D eigenvalue weighted by Crippen LogP contribution is -2.35. The number of amides is 1. The molecule has 0 unspecified atom stereocenters. The van der Waals surface area contributed by atoms with E-state index in [1.54, 1.807) is 27.6 Å². The van der Waals surface area contributed by atoms with Crippen LogP contribution in [0.15, 0.2) is 53.7 Å². The van der Waals surface area contributed by atoms with Crippen molar-refractivity contribution in [1.82, 2.24) is 24.2 Å². The number of carbonyl (C=O) groups is 2. The minimum absolute atomic E-state index is 0.0406. The number of hydrogen-bond acceptors (Lipinski definition) is 4. The van der Waals surface area contributed by atoms with E-state index in [1.165, 1.54) is 17.7 Å². The van der Waals surface area contributed by atoms with Crippen LogP contribution in [0.3, 0.4) is 0 Å². The summed E-state index contributed by atoms with van der Waals surface area (Å²) in [7, 11) is 0. The van der Waals surface area contributed by atoms with Crippen molar-refractivity contribution in [3.05, 3.63) is 97.7 Å². The average molecular weight is 630 g/mol. The van der Waals surface area contributed by atoms with Gasteiger partial charge in [-0.1, -0.05) is 29.3 Å². The van der Waals surface area contributed by atoms with E-state index in [0.29, 0.717) is 36.3 Å². The maximum atomic E-state index is 14.8. The fourth-order valence-electron chi connectivity index (χ4n) is 4.59. The standard InChI is InChI=1S/C25H24Cl2FN5O2.C2HF3O2/c26-20-12-22-24(34)30-14-18(33(22)23(20)27)10-16-2-3-21(28)19(11-16)25(35)32-7-1-6-31(8-9-32)15-17-4-5-29-13-17;3-2(4,5)1(6)7/h2-5,11-14,29H,1,6-10,15H2,(H,30,34);(H,6,7). The molecule has 1 aliphatic rings. The molecule has 0 spiro atoms. The molecule has 1 fully saturated rings. The summed E-state index contributed by atoms with van der Waals surface area (Å²) in [6, 6.07) is 8.06. The third-order valence-corrected chi connectivity index (χ3v) is 7.38. The molecule has 42 heavy (non-hydrogen) atoms. The second kappa shape index (κ2) is 13.0. The molecule has 224 valence electrons. The highest BCUT2D eigenvalue weighted by Gasteiger charge is 2.38. The van der Waals surface area contributed by atoms with Gasteiger partial charge in [-0.25, -0.2) is 9.18 Å². The zero-order valence-corrected chi connectivity index (χ0v) is 23.4. The number of nitrogens with one attached hydrogen (secondary N) is 2. The van der Waals surface area contributed by atoms with Crippen molar-refractivity contribution in [2.24, 2.45) is 0 Å². The van der Waals surface area contributed by atoms with Crippen LogP contribution >= 0.6 is 23.2 Å². The van der Waals surface area contributed by atoms with E-state index in [4.69, 9.17) is 33.1 Å². The van der Waals surface area contributed by atoms with Gasteiger partial charge >= 0.3 is 12.1 Å². The molecule has 0 bridgehead atoms. The van der Waals surface area contributed by atoms with E-state index in [9.17, 15) is 27.2 Å². The Hall–Kier alpha value is -3.81. The first-order valence-corrected chi connectivity index (χ1v) is 13.4. The number of carboxylic acid groups (broad SMARTS) is 1. The van der Waals surface area contributed by atoms with E-state index in [1.807, 2.05) is 18.5 Å². The van der Waals surface area contributed by atoms with E-state index in [0.717, 1.165) is 26.1 Å². The molecule has 9 nitrogen and oxygen atoms in total. The lowest BCUT2D eigenvalue weighted by molar-refractivity contribution is -0.192. The molecular formula is C27H25Cl2F4N5O4. The molecule has 1 amide bonds. The van der Waals surface area contributed by atoms with Gasteiger partial charge in [-0.15, -0.1) is 0 Å². The van der Waals surface area contributed by atoms with Gasteiger partial charge in [0.1, 0.15) is 16.5 Å². The maximum Gasteiger partial charge on any atom is 0.490 e. The van der Waals surface area contributed by atoms with Crippen molar-refractivity contribution >= 4 is 40.6 Å². The monoisotopic (exact) mass is 629 g/mol. The third-order valence-electron chi connectivity index (χ3n) is 6.62. The Morgan fingerprint density at radius 2 is 1.74 bits per heavy atom. The smallest absolute Gasteiger partial charge is 0.475 e. The SMILES string of the molecule is O=C(O)C(F)(F)F.O=C(c1cc(Cc2c[nH]c(=O)c3cc(Cl)c(Cl)n23)ccc1F)N1CCCN(Cc2cc[nH]c2)CC1. The normalized spacial score (nSPS) is 14.4. The van der Waals surface area contributed by atoms with Gasteiger partial charge < -0.3 is 20.0 Å². The second-order valence-electron chi connectivity index (χ2n) is 9.55. The summed E-state index contributed by atoms with van der Waals surface area (Å²) in [4.78, 5) is 44.1. The highest BCUT2D eigenvalue weighted by atomic mass is 35.5. The summed E-state index contributed by atoms with van der Waals surface area (Å²) in [5, 5.41) is 7.63. The van der Waals surface area contributed by atoms with Gasteiger partial charge in [-0.3, -0.25) is 18.9 Å². The highest BCUT2D eigenvalue weighted by molar-refractivity contribution is 6.42. The van der Waals surface area contributed by atoms with Crippen molar-refractivity contribution in [3.63, 3.8) is 0 Å². The number of alkyl halides is 3. The molecule has 0 atom stereocenters. The van der Waals surface area contributed by atoms with Gasteiger partial charge in [0.15, 0.2) is 0 Å². The number of halogens is 6. The largest absolute Gasteiger partial charge is 0.490 e. The molecule has 3 aromatic heterocycles. The molecule has 0 radical (unpaired) electrons. The number of H-pyrrole nitrogens is 2.